The van der Waals surface area contributed by atoms with Crippen molar-refractivity contribution in [3.8, 4) is 0 Å². The number of carbonyl (C=O) groups excluding carboxylic acids is 1. The Hall–Kier alpha value is -0.390. The molecule has 5 heteroatoms. The lowest BCUT2D eigenvalue weighted by molar-refractivity contribution is -0.120. The fourth-order valence-corrected chi connectivity index (χ4v) is 2.76. The summed E-state index contributed by atoms with van der Waals surface area (Å²) < 4.78 is 1.15. The lowest BCUT2D eigenvalue weighted by Crippen LogP contribution is -2.38. The predicted molar refractivity (Wildman–Crippen MR) is 71.9 cm³/mol. The fraction of sp³-hybridized carbons (Fsp3) is 0.545. The zero-order valence-electron chi connectivity index (χ0n) is 9.55. The van der Waals surface area contributed by atoms with Crippen molar-refractivity contribution in [2.24, 2.45) is 0 Å². The second kappa shape index (κ2) is 7.04. The summed E-state index contributed by atoms with van der Waals surface area (Å²) in [6, 6.07) is 4.36. The zero-order valence-corrected chi connectivity index (χ0v) is 12.0. The third-order valence-electron chi connectivity index (χ3n) is 1.91. The van der Waals surface area contributed by atoms with Crippen molar-refractivity contribution < 1.29 is 4.79 Å². The van der Waals surface area contributed by atoms with Crippen LogP contribution in [0.3, 0.4) is 0 Å². The van der Waals surface area contributed by atoms with E-state index in [4.69, 9.17) is 0 Å². The molecule has 1 aromatic heterocycles. The quantitative estimate of drug-likeness (QED) is 0.791. The Morgan fingerprint density at radius 3 is 2.81 bits per heavy atom. The highest BCUT2D eigenvalue weighted by Gasteiger charge is 2.02. The molecule has 0 aromatic carbocycles. The lowest BCUT2D eigenvalue weighted by atomic mass is 10.3. The SMILES string of the molecule is CC(C)NC(=O)CNCCc1ccc(Br)s1. The topological polar surface area (TPSA) is 41.1 Å². The second-order valence-electron chi connectivity index (χ2n) is 3.85. The van der Waals surface area contributed by atoms with Crippen LogP contribution in [0.5, 0.6) is 0 Å². The molecule has 0 spiro atoms. The minimum atomic E-state index is 0.0577. The first-order valence-corrected chi connectivity index (χ1v) is 6.93. The van der Waals surface area contributed by atoms with Crippen molar-refractivity contribution in [3.05, 3.63) is 20.8 Å². The minimum absolute atomic E-state index is 0.0577. The molecule has 1 amide bonds. The zero-order chi connectivity index (χ0) is 12.0. The summed E-state index contributed by atoms with van der Waals surface area (Å²) >= 11 is 5.16. The van der Waals surface area contributed by atoms with Crippen LogP contribution in [0.25, 0.3) is 0 Å². The first-order valence-electron chi connectivity index (χ1n) is 5.32. The second-order valence-corrected chi connectivity index (χ2v) is 6.40. The highest BCUT2D eigenvalue weighted by molar-refractivity contribution is 9.11. The van der Waals surface area contributed by atoms with E-state index in [1.807, 2.05) is 19.9 Å². The standard InChI is InChI=1S/C11H17BrN2OS/c1-8(2)14-11(15)7-13-6-5-9-3-4-10(12)16-9/h3-4,8,13H,5-7H2,1-2H3,(H,14,15). The molecule has 0 bridgehead atoms. The van der Waals surface area contributed by atoms with E-state index >= 15 is 0 Å². The molecule has 1 heterocycles. The van der Waals surface area contributed by atoms with Crippen molar-refractivity contribution in [3.63, 3.8) is 0 Å². The maximum Gasteiger partial charge on any atom is 0.234 e. The molecule has 0 aliphatic rings. The van der Waals surface area contributed by atoms with E-state index in [0.29, 0.717) is 6.54 Å². The summed E-state index contributed by atoms with van der Waals surface area (Å²) in [7, 11) is 0. The van der Waals surface area contributed by atoms with Crippen molar-refractivity contribution in [1.82, 2.24) is 10.6 Å². The molecule has 0 radical (unpaired) electrons. The molecule has 0 atom stereocenters. The van der Waals surface area contributed by atoms with Crippen LogP contribution < -0.4 is 10.6 Å². The number of nitrogens with one attached hydrogen (secondary N) is 2. The predicted octanol–water partition coefficient (Wildman–Crippen LogP) is 2.17. The van der Waals surface area contributed by atoms with Gasteiger partial charge in [-0.25, -0.2) is 0 Å². The fourth-order valence-electron chi connectivity index (χ4n) is 1.27. The van der Waals surface area contributed by atoms with E-state index in [9.17, 15) is 4.79 Å². The highest BCUT2D eigenvalue weighted by Crippen LogP contribution is 2.21. The van der Waals surface area contributed by atoms with Gasteiger partial charge in [0.05, 0.1) is 10.3 Å². The Bertz CT molecular complexity index is 338. The Labute approximate surface area is 109 Å². The summed E-state index contributed by atoms with van der Waals surface area (Å²) in [6.45, 7) is 5.14. The van der Waals surface area contributed by atoms with Crippen LogP contribution in [0.1, 0.15) is 18.7 Å². The molecule has 1 rings (SSSR count). The molecule has 0 fully saturated rings. The summed E-state index contributed by atoms with van der Waals surface area (Å²) in [5.74, 6) is 0.0577. The molecule has 0 saturated carbocycles. The van der Waals surface area contributed by atoms with Crippen LogP contribution in [0.15, 0.2) is 15.9 Å². The lowest BCUT2D eigenvalue weighted by Gasteiger charge is -2.08. The van der Waals surface area contributed by atoms with Crippen LogP contribution in [-0.2, 0) is 11.2 Å². The van der Waals surface area contributed by atoms with E-state index in [2.05, 4.69) is 32.6 Å². The van der Waals surface area contributed by atoms with Gasteiger partial charge in [-0.15, -0.1) is 11.3 Å². The molecule has 16 heavy (non-hydrogen) atoms. The van der Waals surface area contributed by atoms with Crippen molar-refractivity contribution in [2.45, 2.75) is 26.3 Å². The summed E-state index contributed by atoms with van der Waals surface area (Å²) in [6.07, 6.45) is 0.964. The third-order valence-corrected chi connectivity index (χ3v) is 3.60. The van der Waals surface area contributed by atoms with Gasteiger partial charge >= 0.3 is 0 Å². The molecule has 0 unspecified atom stereocenters. The van der Waals surface area contributed by atoms with Gasteiger partial charge in [0, 0.05) is 17.5 Å². The molecule has 2 N–H and O–H groups in total. The van der Waals surface area contributed by atoms with Gasteiger partial charge in [-0.2, -0.15) is 0 Å². The number of hydrogen-bond donors (Lipinski definition) is 2. The van der Waals surface area contributed by atoms with Gasteiger partial charge in [0.1, 0.15) is 0 Å². The molecular weight excluding hydrogens is 288 g/mol. The molecule has 1 aromatic rings. The van der Waals surface area contributed by atoms with Crippen molar-refractivity contribution in [2.75, 3.05) is 13.1 Å². The summed E-state index contributed by atoms with van der Waals surface area (Å²) in [4.78, 5) is 12.6. The molecule has 90 valence electrons. The first kappa shape index (κ1) is 13.7. The van der Waals surface area contributed by atoms with Crippen LogP contribution in [0.4, 0.5) is 0 Å². The van der Waals surface area contributed by atoms with Gasteiger partial charge in [0.25, 0.3) is 0 Å². The first-order chi connectivity index (χ1) is 7.58. The minimum Gasteiger partial charge on any atom is -0.353 e. The molecule has 0 aliphatic heterocycles. The average molecular weight is 305 g/mol. The number of thiophene rings is 1. The molecule has 0 saturated heterocycles. The van der Waals surface area contributed by atoms with Crippen molar-refractivity contribution in [1.29, 1.82) is 0 Å². The van der Waals surface area contributed by atoms with Crippen LogP contribution in [0, 0.1) is 0 Å². The molecular formula is C11H17BrN2OS. The van der Waals surface area contributed by atoms with Crippen LogP contribution in [0.2, 0.25) is 0 Å². The smallest absolute Gasteiger partial charge is 0.234 e. The largest absolute Gasteiger partial charge is 0.353 e. The van der Waals surface area contributed by atoms with E-state index in [1.165, 1.54) is 4.88 Å². The van der Waals surface area contributed by atoms with Gasteiger partial charge in [-0.3, -0.25) is 4.79 Å². The number of carbonyl (C=O) groups is 1. The number of rotatable bonds is 6. The third kappa shape index (κ3) is 5.63. The molecule has 3 nitrogen and oxygen atoms in total. The van der Waals surface area contributed by atoms with Gasteiger partial charge in [0.2, 0.25) is 5.91 Å². The number of hydrogen-bond acceptors (Lipinski definition) is 3. The van der Waals surface area contributed by atoms with E-state index in [0.717, 1.165) is 16.8 Å². The Morgan fingerprint density at radius 1 is 1.50 bits per heavy atom. The molecule has 0 aliphatic carbocycles. The van der Waals surface area contributed by atoms with Gasteiger partial charge in [-0.05, 0) is 48.3 Å². The van der Waals surface area contributed by atoms with Gasteiger partial charge in [0.15, 0.2) is 0 Å². The monoisotopic (exact) mass is 304 g/mol. The number of amides is 1. The highest BCUT2D eigenvalue weighted by atomic mass is 79.9. The van der Waals surface area contributed by atoms with Crippen LogP contribution >= 0.6 is 27.3 Å². The van der Waals surface area contributed by atoms with Crippen LogP contribution in [-0.4, -0.2) is 25.0 Å². The summed E-state index contributed by atoms with van der Waals surface area (Å²) in [5, 5.41) is 5.97. The average Bonchev–Trinajstić information content (AvgIpc) is 2.58. The maximum atomic E-state index is 11.3. The van der Waals surface area contributed by atoms with Crippen molar-refractivity contribution >= 4 is 33.2 Å². The van der Waals surface area contributed by atoms with E-state index < -0.39 is 0 Å². The van der Waals surface area contributed by atoms with Gasteiger partial charge in [-0.1, -0.05) is 0 Å². The van der Waals surface area contributed by atoms with E-state index in [1.54, 1.807) is 11.3 Å². The number of halogens is 1. The summed E-state index contributed by atoms with van der Waals surface area (Å²) in [5.41, 5.74) is 0. The van der Waals surface area contributed by atoms with Gasteiger partial charge < -0.3 is 10.6 Å². The Morgan fingerprint density at radius 2 is 2.25 bits per heavy atom. The van der Waals surface area contributed by atoms with E-state index in [-0.39, 0.29) is 11.9 Å². The Balaban J connectivity index is 2.10. The maximum absolute atomic E-state index is 11.3. The normalized spacial score (nSPS) is 10.8. The Kier molecular flexibility index (Phi) is 6.01.